The van der Waals surface area contributed by atoms with Gasteiger partial charge in [-0.05, 0) is 63.6 Å². The Balaban J connectivity index is 1.91. The first-order valence-corrected chi connectivity index (χ1v) is 11.0. The van der Waals surface area contributed by atoms with Crippen molar-refractivity contribution in [1.29, 1.82) is 0 Å². The van der Waals surface area contributed by atoms with Gasteiger partial charge in [0, 0.05) is 15.1 Å². The van der Waals surface area contributed by atoms with Crippen LogP contribution in [0.25, 0.3) is 6.08 Å². The van der Waals surface area contributed by atoms with Crippen molar-refractivity contribution in [3.05, 3.63) is 66.1 Å². The quantitative estimate of drug-likeness (QED) is 0.442. The minimum atomic E-state index is -1.16. The summed E-state index contributed by atoms with van der Waals surface area (Å²) in [6, 6.07) is 7.01. The highest BCUT2D eigenvalue weighted by Gasteiger charge is 2.35. The van der Waals surface area contributed by atoms with Crippen LogP contribution in [0.2, 0.25) is 5.02 Å². The molecule has 2 aromatic rings. The molecule has 1 fully saturated rings. The van der Waals surface area contributed by atoms with Gasteiger partial charge in [0.2, 0.25) is 0 Å². The molecular formula is C19H11Br2ClFNO5S. The molecule has 3 rings (SSSR count). The number of hydrogen-bond acceptors (Lipinski definition) is 5. The number of ether oxygens (including phenoxy) is 1. The molecule has 1 N–H and O–H groups in total. The molecule has 156 valence electrons. The minimum Gasteiger partial charge on any atom is -0.480 e. The third kappa shape index (κ3) is 5.23. The standard InChI is InChI=1S/C19H11Br2ClFNO5S/c20-11-3-10(17(13(21)5-11)29-8-16(25)26)4-15-18(27)24(19(28)30-15)7-9-1-2-12(23)6-14(9)22/h1-6H,7-8H2,(H,25,26)/b15-4-. The number of nitrogens with zero attached hydrogens (tertiary/aromatic N) is 1. The van der Waals surface area contributed by atoms with Crippen molar-refractivity contribution in [2.24, 2.45) is 0 Å². The monoisotopic (exact) mass is 577 g/mol. The van der Waals surface area contributed by atoms with Crippen LogP contribution in [0.4, 0.5) is 9.18 Å². The SMILES string of the molecule is O=C(O)COc1c(Br)cc(Br)cc1/C=C1\SC(=O)N(Cc2ccc(F)cc2Cl)C1=O. The second-order valence-electron chi connectivity index (χ2n) is 5.99. The molecule has 1 aliphatic heterocycles. The summed E-state index contributed by atoms with van der Waals surface area (Å²) in [5, 5.41) is 8.48. The molecule has 11 heteroatoms. The Bertz CT molecular complexity index is 1090. The highest BCUT2D eigenvalue weighted by Crippen LogP contribution is 2.39. The van der Waals surface area contributed by atoms with Gasteiger partial charge in [0.1, 0.15) is 11.6 Å². The van der Waals surface area contributed by atoms with E-state index in [9.17, 15) is 18.8 Å². The largest absolute Gasteiger partial charge is 0.480 e. The molecule has 0 bridgehead atoms. The molecule has 0 aromatic heterocycles. The fourth-order valence-corrected chi connectivity index (χ4v) is 5.00. The van der Waals surface area contributed by atoms with E-state index in [2.05, 4.69) is 31.9 Å². The van der Waals surface area contributed by atoms with Crippen molar-refractivity contribution in [1.82, 2.24) is 4.90 Å². The average Bonchev–Trinajstić information content (AvgIpc) is 2.90. The second-order valence-corrected chi connectivity index (χ2v) is 9.16. The van der Waals surface area contributed by atoms with Crippen LogP contribution in [0.15, 0.2) is 44.2 Å². The molecule has 0 atom stereocenters. The van der Waals surface area contributed by atoms with Crippen LogP contribution in [0.5, 0.6) is 5.75 Å². The number of hydrogen-bond donors (Lipinski definition) is 1. The van der Waals surface area contributed by atoms with Gasteiger partial charge >= 0.3 is 5.97 Å². The summed E-state index contributed by atoms with van der Waals surface area (Å²) in [6.07, 6.45) is 1.45. The Hall–Kier alpha value is -1.88. The summed E-state index contributed by atoms with van der Waals surface area (Å²) in [5.41, 5.74) is 0.833. The van der Waals surface area contributed by atoms with Crippen LogP contribution < -0.4 is 4.74 Å². The number of thioether (sulfide) groups is 1. The Morgan fingerprint density at radius 1 is 1.27 bits per heavy atom. The van der Waals surface area contributed by atoms with E-state index < -0.39 is 29.5 Å². The number of rotatable bonds is 6. The van der Waals surface area contributed by atoms with E-state index in [0.29, 0.717) is 20.1 Å². The number of amides is 2. The lowest BCUT2D eigenvalue weighted by atomic mass is 10.1. The summed E-state index contributed by atoms with van der Waals surface area (Å²) in [5.74, 6) is -2.01. The van der Waals surface area contributed by atoms with Crippen LogP contribution in [0.3, 0.4) is 0 Å². The maximum Gasteiger partial charge on any atom is 0.341 e. The maximum atomic E-state index is 13.2. The molecule has 2 amide bonds. The van der Waals surface area contributed by atoms with Crippen molar-refractivity contribution in [3.8, 4) is 5.75 Å². The summed E-state index contributed by atoms with van der Waals surface area (Å²) < 4.78 is 19.7. The zero-order valence-corrected chi connectivity index (χ0v) is 19.6. The van der Waals surface area contributed by atoms with E-state index in [0.717, 1.165) is 22.7 Å². The topological polar surface area (TPSA) is 83.9 Å². The van der Waals surface area contributed by atoms with Crippen LogP contribution in [0.1, 0.15) is 11.1 Å². The summed E-state index contributed by atoms with van der Waals surface area (Å²) in [7, 11) is 0. The average molecular weight is 580 g/mol. The fraction of sp³-hybridized carbons (Fsp3) is 0.105. The zero-order valence-electron chi connectivity index (χ0n) is 14.8. The van der Waals surface area contributed by atoms with Crippen LogP contribution >= 0.6 is 55.2 Å². The van der Waals surface area contributed by atoms with E-state index in [1.54, 1.807) is 12.1 Å². The summed E-state index contributed by atoms with van der Waals surface area (Å²) in [4.78, 5) is 37.2. The van der Waals surface area contributed by atoms with Gasteiger partial charge < -0.3 is 9.84 Å². The number of carboxylic acids is 1. The van der Waals surface area contributed by atoms with Crippen LogP contribution in [-0.2, 0) is 16.1 Å². The van der Waals surface area contributed by atoms with Crippen molar-refractivity contribution < 1.29 is 28.6 Å². The molecule has 0 unspecified atom stereocenters. The maximum absolute atomic E-state index is 13.2. The third-order valence-corrected chi connectivity index (χ3v) is 6.19. The van der Waals surface area contributed by atoms with Crippen molar-refractivity contribution in [2.75, 3.05) is 6.61 Å². The molecule has 2 aromatic carbocycles. The molecule has 1 aliphatic rings. The van der Waals surface area contributed by atoms with Gasteiger partial charge in [-0.15, -0.1) is 0 Å². The molecule has 0 saturated carbocycles. The van der Waals surface area contributed by atoms with Gasteiger partial charge in [0.05, 0.1) is 15.9 Å². The lowest BCUT2D eigenvalue weighted by Crippen LogP contribution is -2.27. The van der Waals surface area contributed by atoms with Crippen molar-refractivity contribution in [3.63, 3.8) is 0 Å². The number of imide groups is 1. The van der Waals surface area contributed by atoms with Gasteiger partial charge in [0.15, 0.2) is 6.61 Å². The Morgan fingerprint density at radius 2 is 2.00 bits per heavy atom. The van der Waals surface area contributed by atoms with Crippen molar-refractivity contribution in [2.45, 2.75) is 6.54 Å². The first kappa shape index (κ1) is 22.8. The third-order valence-electron chi connectivity index (χ3n) is 3.88. The van der Waals surface area contributed by atoms with Gasteiger partial charge in [0.25, 0.3) is 11.1 Å². The lowest BCUT2D eigenvalue weighted by molar-refractivity contribution is -0.139. The normalized spacial score (nSPS) is 15.2. The lowest BCUT2D eigenvalue weighted by Gasteiger charge is -2.14. The van der Waals surface area contributed by atoms with Gasteiger partial charge in [-0.25, -0.2) is 9.18 Å². The van der Waals surface area contributed by atoms with E-state index in [1.807, 2.05) is 0 Å². The first-order valence-electron chi connectivity index (χ1n) is 8.18. The van der Waals surface area contributed by atoms with E-state index >= 15 is 0 Å². The fourth-order valence-electron chi connectivity index (χ4n) is 2.57. The molecule has 0 radical (unpaired) electrons. The van der Waals surface area contributed by atoms with Crippen molar-refractivity contribution >= 4 is 78.4 Å². The minimum absolute atomic E-state index is 0.105. The summed E-state index contributed by atoms with van der Waals surface area (Å²) >= 11 is 13.4. The van der Waals surface area contributed by atoms with E-state index in [1.165, 1.54) is 18.2 Å². The Labute approximate surface area is 196 Å². The smallest absolute Gasteiger partial charge is 0.341 e. The van der Waals surface area contributed by atoms with Crippen LogP contribution in [-0.4, -0.2) is 33.7 Å². The zero-order chi connectivity index (χ0) is 22.0. The molecule has 0 aliphatic carbocycles. The number of benzene rings is 2. The van der Waals surface area contributed by atoms with E-state index in [-0.39, 0.29) is 22.2 Å². The summed E-state index contributed by atoms with van der Waals surface area (Å²) in [6.45, 7) is -0.683. The molecular weight excluding hydrogens is 569 g/mol. The second kappa shape index (κ2) is 9.51. The predicted octanol–water partition coefficient (Wildman–Crippen LogP) is 5.70. The van der Waals surface area contributed by atoms with Gasteiger partial charge in [-0.2, -0.15) is 0 Å². The molecule has 30 heavy (non-hydrogen) atoms. The molecule has 1 heterocycles. The van der Waals surface area contributed by atoms with E-state index in [4.69, 9.17) is 21.4 Å². The van der Waals surface area contributed by atoms with Gasteiger partial charge in [-0.3, -0.25) is 14.5 Å². The molecule has 6 nitrogen and oxygen atoms in total. The number of carbonyl (C=O) groups is 3. The van der Waals surface area contributed by atoms with Crippen LogP contribution in [0, 0.1) is 5.82 Å². The first-order chi connectivity index (χ1) is 14.2. The number of carboxylic acid groups (broad SMARTS) is 1. The highest BCUT2D eigenvalue weighted by molar-refractivity contribution is 9.11. The number of halogens is 4. The molecule has 1 saturated heterocycles. The Kier molecular flexibility index (Phi) is 7.22. The molecule has 0 spiro atoms. The van der Waals surface area contributed by atoms with Gasteiger partial charge in [-0.1, -0.05) is 33.6 Å². The highest BCUT2D eigenvalue weighted by atomic mass is 79.9. The number of aliphatic carboxylic acids is 1. The predicted molar refractivity (Wildman–Crippen MR) is 118 cm³/mol. The number of carbonyl (C=O) groups excluding carboxylic acids is 2. The Morgan fingerprint density at radius 3 is 2.67 bits per heavy atom.